The molecule has 0 spiro atoms. The van der Waals surface area contributed by atoms with Crippen LogP contribution in [0, 0.1) is 11.7 Å². The summed E-state index contributed by atoms with van der Waals surface area (Å²) in [5.41, 5.74) is 0.0400. The monoisotopic (exact) mass is 295 g/mol. The number of thioether (sulfide) groups is 1. The number of halogens is 1. The third kappa shape index (κ3) is 2.28. The van der Waals surface area contributed by atoms with Crippen LogP contribution in [0.15, 0.2) is 29.3 Å². The summed E-state index contributed by atoms with van der Waals surface area (Å²) < 4.78 is 20.0. The molecule has 3 rings (SSSR count). The number of rotatable bonds is 2. The molecule has 5 heteroatoms. The second kappa shape index (κ2) is 5.47. The van der Waals surface area contributed by atoms with Gasteiger partial charge < -0.3 is 9.84 Å². The molecule has 1 saturated heterocycles. The fourth-order valence-corrected chi connectivity index (χ4v) is 4.18. The Kier molecular flexibility index (Phi) is 3.84. The molecule has 2 aliphatic heterocycles. The van der Waals surface area contributed by atoms with Gasteiger partial charge in [0, 0.05) is 23.7 Å². The van der Waals surface area contributed by atoms with Crippen LogP contribution < -0.4 is 0 Å². The van der Waals surface area contributed by atoms with Crippen LogP contribution in [0.1, 0.15) is 18.9 Å². The van der Waals surface area contributed by atoms with Crippen molar-refractivity contribution in [3.05, 3.63) is 35.6 Å². The van der Waals surface area contributed by atoms with Gasteiger partial charge in [0.15, 0.2) is 0 Å². The average molecular weight is 295 g/mol. The van der Waals surface area contributed by atoms with E-state index >= 15 is 0 Å². The number of hydrogen-bond acceptors (Lipinski definition) is 4. The summed E-state index contributed by atoms with van der Waals surface area (Å²) in [6.45, 7) is 2.43. The fraction of sp³-hybridized carbons (Fsp3) is 0.533. The highest BCUT2D eigenvalue weighted by Crippen LogP contribution is 2.47. The summed E-state index contributed by atoms with van der Waals surface area (Å²) in [5, 5.41) is 10.4. The standard InChI is InChI=1S/C15H18FNO2S/c1-10-17-15(13-4-2-3-5-14(13)16)6-12(7-18)19-8-11(15)9-20-10/h2-5,11-12,18H,6-9H2,1H3/t11?,12-,15?/m1/s1. The molecule has 0 radical (unpaired) electrons. The van der Waals surface area contributed by atoms with Crippen molar-refractivity contribution in [2.75, 3.05) is 19.0 Å². The molecule has 2 unspecified atom stereocenters. The number of aliphatic hydroxyl groups excluding tert-OH is 1. The molecule has 1 aromatic rings. The third-order valence-corrected chi connectivity index (χ3v) is 5.22. The largest absolute Gasteiger partial charge is 0.394 e. The highest BCUT2D eigenvalue weighted by molar-refractivity contribution is 8.13. The predicted molar refractivity (Wildman–Crippen MR) is 78.6 cm³/mol. The zero-order valence-corrected chi connectivity index (χ0v) is 12.2. The molecule has 3 atom stereocenters. The molecule has 0 aromatic heterocycles. The summed E-state index contributed by atoms with van der Waals surface area (Å²) in [6, 6.07) is 6.84. The Morgan fingerprint density at radius 3 is 3.05 bits per heavy atom. The number of aliphatic hydroxyl groups is 1. The maximum Gasteiger partial charge on any atom is 0.128 e. The zero-order chi connectivity index (χ0) is 14.2. The topological polar surface area (TPSA) is 41.8 Å². The SMILES string of the molecule is CC1=NC2(c3ccccc3F)C[C@H](CO)OCC2CS1. The van der Waals surface area contributed by atoms with Crippen LogP contribution in [0.5, 0.6) is 0 Å². The molecule has 1 aromatic carbocycles. The van der Waals surface area contributed by atoms with E-state index in [0.717, 1.165) is 10.8 Å². The molecule has 2 heterocycles. The van der Waals surface area contributed by atoms with Crippen LogP contribution in [-0.2, 0) is 10.3 Å². The number of nitrogens with zero attached hydrogens (tertiary/aromatic N) is 1. The Hall–Kier alpha value is -0.910. The Balaban J connectivity index is 2.11. The average Bonchev–Trinajstić information content (AvgIpc) is 2.46. The maximum atomic E-state index is 14.3. The summed E-state index contributed by atoms with van der Waals surface area (Å²) in [5.74, 6) is 0.803. The van der Waals surface area contributed by atoms with Gasteiger partial charge in [-0.05, 0) is 13.0 Å². The Bertz CT molecular complexity index is 536. The van der Waals surface area contributed by atoms with E-state index < -0.39 is 5.54 Å². The molecule has 0 aliphatic carbocycles. The molecule has 20 heavy (non-hydrogen) atoms. The van der Waals surface area contributed by atoms with Gasteiger partial charge in [-0.15, -0.1) is 11.8 Å². The summed E-state index contributed by atoms with van der Waals surface area (Å²) >= 11 is 1.70. The van der Waals surface area contributed by atoms with Gasteiger partial charge in [0.2, 0.25) is 0 Å². The number of hydrogen-bond donors (Lipinski definition) is 1. The van der Waals surface area contributed by atoms with Crippen molar-refractivity contribution in [1.82, 2.24) is 0 Å². The lowest BCUT2D eigenvalue weighted by Gasteiger charge is -2.46. The lowest BCUT2D eigenvalue weighted by atomic mass is 9.73. The van der Waals surface area contributed by atoms with Crippen molar-refractivity contribution < 1.29 is 14.2 Å². The maximum absolute atomic E-state index is 14.3. The van der Waals surface area contributed by atoms with Gasteiger partial charge in [-0.1, -0.05) is 18.2 Å². The van der Waals surface area contributed by atoms with E-state index in [1.807, 2.05) is 19.1 Å². The molecular formula is C15H18FNO2S. The van der Waals surface area contributed by atoms with Crippen LogP contribution >= 0.6 is 11.8 Å². The second-order valence-corrected chi connectivity index (χ2v) is 6.60. The zero-order valence-electron chi connectivity index (χ0n) is 11.4. The Morgan fingerprint density at radius 1 is 1.50 bits per heavy atom. The minimum Gasteiger partial charge on any atom is -0.394 e. The van der Waals surface area contributed by atoms with Gasteiger partial charge >= 0.3 is 0 Å². The first-order valence-corrected chi connectivity index (χ1v) is 7.81. The van der Waals surface area contributed by atoms with Crippen LogP contribution in [0.2, 0.25) is 0 Å². The van der Waals surface area contributed by atoms with E-state index in [1.165, 1.54) is 6.07 Å². The van der Waals surface area contributed by atoms with Gasteiger partial charge in [-0.2, -0.15) is 0 Å². The Labute approximate surface area is 122 Å². The first-order chi connectivity index (χ1) is 9.65. The van der Waals surface area contributed by atoms with Crippen molar-refractivity contribution >= 4 is 16.8 Å². The van der Waals surface area contributed by atoms with Crippen molar-refractivity contribution in [2.24, 2.45) is 10.9 Å². The lowest BCUT2D eigenvalue weighted by molar-refractivity contribution is -0.0743. The first-order valence-electron chi connectivity index (χ1n) is 6.82. The quantitative estimate of drug-likeness (QED) is 0.912. The highest BCUT2D eigenvalue weighted by Gasteiger charge is 2.49. The summed E-state index contributed by atoms with van der Waals surface area (Å²) in [4.78, 5) is 4.81. The van der Waals surface area contributed by atoms with Crippen LogP contribution in [0.25, 0.3) is 0 Å². The predicted octanol–water partition coefficient (Wildman–Crippen LogP) is 2.58. The van der Waals surface area contributed by atoms with Gasteiger partial charge in [0.25, 0.3) is 0 Å². The second-order valence-electron chi connectivity index (χ2n) is 5.38. The summed E-state index contributed by atoms with van der Waals surface area (Å²) in [7, 11) is 0. The molecular weight excluding hydrogens is 277 g/mol. The molecule has 1 fully saturated rings. The van der Waals surface area contributed by atoms with Gasteiger partial charge in [-0.25, -0.2) is 4.39 Å². The highest BCUT2D eigenvalue weighted by atomic mass is 32.2. The van der Waals surface area contributed by atoms with Gasteiger partial charge in [0.05, 0.1) is 29.9 Å². The van der Waals surface area contributed by atoms with Crippen molar-refractivity contribution in [1.29, 1.82) is 0 Å². The van der Waals surface area contributed by atoms with E-state index in [9.17, 15) is 9.50 Å². The van der Waals surface area contributed by atoms with Crippen molar-refractivity contribution in [3.8, 4) is 0 Å². The normalized spacial score (nSPS) is 33.5. The van der Waals surface area contributed by atoms with E-state index in [4.69, 9.17) is 9.73 Å². The third-order valence-electron chi connectivity index (χ3n) is 4.14. The van der Waals surface area contributed by atoms with E-state index in [1.54, 1.807) is 17.8 Å². The number of fused-ring (bicyclic) bond motifs is 1. The van der Waals surface area contributed by atoms with Crippen molar-refractivity contribution in [3.63, 3.8) is 0 Å². The molecule has 108 valence electrons. The van der Waals surface area contributed by atoms with Crippen molar-refractivity contribution in [2.45, 2.75) is 25.0 Å². The van der Waals surface area contributed by atoms with Crippen LogP contribution in [0.4, 0.5) is 4.39 Å². The number of ether oxygens (including phenoxy) is 1. The molecule has 0 amide bonds. The first kappa shape index (κ1) is 14.0. The number of benzene rings is 1. The van der Waals surface area contributed by atoms with Gasteiger partial charge in [0.1, 0.15) is 5.82 Å². The minimum atomic E-state index is -0.591. The summed E-state index contributed by atoms with van der Waals surface area (Å²) in [6.07, 6.45) is 0.262. The minimum absolute atomic E-state index is 0.0510. The van der Waals surface area contributed by atoms with Crippen LogP contribution in [0.3, 0.4) is 0 Å². The molecule has 1 N–H and O–H groups in total. The van der Waals surface area contributed by atoms with E-state index in [0.29, 0.717) is 18.6 Å². The molecule has 0 bridgehead atoms. The molecule has 0 saturated carbocycles. The van der Waals surface area contributed by atoms with E-state index in [-0.39, 0.29) is 24.4 Å². The van der Waals surface area contributed by atoms with Crippen LogP contribution in [-0.4, -0.2) is 35.2 Å². The van der Waals surface area contributed by atoms with E-state index in [2.05, 4.69) is 0 Å². The lowest BCUT2D eigenvalue weighted by Crippen LogP contribution is -2.49. The fourth-order valence-electron chi connectivity index (χ4n) is 3.14. The smallest absolute Gasteiger partial charge is 0.128 e. The molecule has 3 nitrogen and oxygen atoms in total. The van der Waals surface area contributed by atoms with Gasteiger partial charge in [-0.3, -0.25) is 4.99 Å². The molecule has 2 aliphatic rings. The Morgan fingerprint density at radius 2 is 2.30 bits per heavy atom. The number of aliphatic imine (C=N–C) groups is 1.